The van der Waals surface area contributed by atoms with Gasteiger partial charge in [-0.2, -0.15) is 0 Å². The second-order valence-corrected chi connectivity index (χ2v) is 6.74. The summed E-state index contributed by atoms with van der Waals surface area (Å²) < 4.78 is 0. The molecule has 19 heavy (non-hydrogen) atoms. The lowest BCUT2D eigenvalue weighted by atomic mass is 9.78. The van der Waals surface area contributed by atoms with Crippen molar-refractivity contribution in [3.63, 3.8) is 0 Å². The molecule has 0 heterocycles. The third-order valence-corrected chi connectivity index (χ3v) is 4.96. The Morgan fingerprint density at radius 1 is 0.895 bits per heavy atom. The van der Waals surface area contributed by atoms with Crippen molar-refractivity contribution in [3.8, 4) is 0 Å². The zero-order chi connectivity index (χ0) is 13.9. The Morgan fingerprint density at radius 3 is 2.16 bits per heavy atom. The minimum absolute atomic E-state index is 0.809. The van der Waals surface area contributed by atoms with Gasteiger partial charge in [-0.15, -0.1) is 0 Å². The van der Waals surface area contributed by atoms with Gasteiger partial charge >= 0.3 is 0 Å². The summed E-state index contributed by atoms with van der Waals surface area (Å²) in [7, 11) is 0. The van der Waals surface area contributed by atoms with Crippen molar-refractivity contribution in [3.05, 3.63) is 0 Å². The fourth-order valence-corrected chi connectivity index (χ4v) is 3.60. The van der Waals surface area contributed by atoms with Crippen molar-refractivity contribution >= 4 is 0 Å². The largest absolute Gasteiger partial charge is 0.314 e. The Balaban J connectivity index is 2.16. The highest BCUT2D eigenvalue weighted by Gasteiger charge is 2.24. The molecule has 1 unspecified atom stereocenters. The molecule has 1 aliphatic rings. The molecule has 1 rings (SSSR count). The number of unbranched alkanes of at least 4 members (excludes halogenated alkanes) is 5. The molecule has 1 aliphatic carbocycles. The molecule has 0 aliphatic heterocycles. The lowest BCUT2D eigenvalue weighted by Gasteiger charge is -2.33. The van der Waals surface area contributed by atoms with E-state index in [0.717, 1.165) is 24.4 Å². The molecule has 1 fully saturated rings. The van der Waals surface area contributed by atoms with E-state index in [4.69, 9.17) is 0 Å². The summed E-state index contributed by atoms with van der Waals surface area (Å²) >= 11 is 0. The SMILES string of the molecule is CCCCCCCCC(NCC)C1CCC(C)CC1. The van der Waals surface area contributed by atoms with Crippen molar-refractivity contribution < 1.29 is 0 Å². The maximum Gasteiger partial charge on any atom is 0.00952 e. The summed E-state index contributed by atoms with van der Waals surface area (Å²) in [5.41, 5.74) is 0. The van der Waals surface area contributed by atoms with Crippen molar-refractivity contribution in [2.24, 2.45) is 11.8 Å². The predicted molar refractivity (Wildman–Crippen MR) is 86.6 cm³/mol. The topological polar surface area (TPSA) is 12.0 Å². The standard InChI is InChI=1S/C18H37N/c1-4-6-7-8-9-10-11-18(19-5-2)17-14-12-16(3)13-15-17/h16-19H,4-15H2,1-3H3. The van der Waals surface area contributed by atoms with Crippen LogP contribution in [-0.4, -0.2) is 12.6 Å². The van der Waals surface area contributed by atoms with Gasteiger partial charge in [-0.3, -0.25) is 0 Å². The van der Waals surface area contributed by atoms with Crippen LogP contribution in [0.25, 0.3) is 0 Å². The Kier molecular flexibility index (Phi) is 9.59. The third-order valence-electron chi connectivity index (χ3n) is 4.96. The Labute approximate surface area is 121 Å². The molecule has 1 heteroatoms. The maximum atomic E-state index is 3.77. The summed E-state index contributed by atoms with van der Waals surface area (Å²) in [5, 5.41) is 3.77. The van der Waals surface area contributed by atoms with Crippen LogP contribution >= 0.6 is 0 Å². The van der Waals surface area contributed by atoms with Crippen LogP contribution < -0.4 is 5.32 Å². The molecule has 0 spiro atoms. The summed E-state index contributed by atoms with van der Waals surface area (Å²) in [6.45, 7) is 8.13. The molecule has 1 nitrogen and oxygen atoms in total. The van der Waals surface area contributed by atoms with Crippen molar-refractivity contribution in [1.29, 1.82) is 0 Å². The van der Waals surface area contributed by atoms with Crippen molar-refractivity contribution in [2.75, 3.05) is 6.54 Å². The molecule has 0 saturated heterocycles. The summed E-state index contributed by atoms with van der Waals surface area (Å²) in [4.78, 5) is 0. The first-order valence-electron chi connectivity index (χ1n) is 9.01. The maximum absolute atomic E-state index is 3.77. The summed E-state index contributed by atoms with van der Waals surface area (Å²) in [6.07, 6.45) is 15.8. The molecule has 1 N–H and O–H groups in total. The highest BCUT2D eigenvalue weighted by Crippen LogP contribution is 2.32. The number of nitrogens with one attached hydrogen (secondary N) is 1. The van der Waals surface area contributed by atoms with E-state index in [1.165, 1.54) is 70.6 Å². The molecular weight excluding hydrogens is 230 g/mol. The van der Waals surface area contributed by atoms with E-state index in [0.29, 0.717) is 0 Å². The van der Waals surface area contributed by atoms with E-state index in [2.05, 4.69) is 26.1 Å². The minimum Gasteiger partial charge on any atom is -0.314 e. The Bertz CT molecular complexity index is 194. The molecule has 1 saturated carbocycles. The second-order valence-electron chi connectivity index (χ2n) is 6.74. The Morgan fingerprint density at radius 2 is 1.53 bits per heavy atom. The monoisotopic (exact) mass is 267 g/mol. The molecule has 0 aromatic carbocycles. The number of rotatable bonds is 10. The number of hydrogen-bond acceptors (Lipinski definition) is 1. The van der Waals surface area contributed by atoms with Crippen molar-refractivity contribution in [2.45, 2.75) is 97.4 Å². The van der Waals surface area contributed by atoms with Gasteiger partial charge in [0.1, 0.15) is 0 Å². The zero-order valence-corrected chi connectivity index (χ0v) is 13.7. The average molecular weight is 268 g/mol. The van der Waals surface area contributed by atoms with Gasteiger partial charge in [-0.1, -0.05) is 72.1 Å². The molecule has 0 amide bonds. The van der Waals surface area contributed by atoms with E-state index in [1.807, 2.05) is 0 Å². The fourth-order valence-electron chi connectivity index (χ4n) is 3.60. The Hall–Kier alpha value is -0.0400. The first kappa shape index (κ1) is 17.0. The molecule has 0 aromatic heterocycles. The molecule has 0 bridgehead atoms. The highest BCUT2D eigenvalue weighted by molar-refractivity contribution is 4.80. The van der Waals surface area contributed by atoms with Crippen LogP contribution in [0.4, 0.5) is 0 Å². The van der Waals surface area contributed by atoms with E-state index in [-0.39, 0.29) is 0 Å². The lowest BCUT2D eigenvalue weighted by molar-refractivity contribution is 0.221. The first-order chi connectivity index (χ1) is 9.27. The minimum atomic E-state index is 0.809. The second kappa shape index (κ2) is 10.7. The molecule has 1 atom stereocenters. The first-order valence-corrected chi connectivity index (χ1v) is 9.01. The number of hydrogen-bond donors (Lipinski definition) is 1. The van der Waals surface area contributed by atoms with Gasteiger partial charge < -0.3 is 5.32 Å². The smallest absolute Gasteiger partial charge is 0.00952 e. The van der Waals surface area contributed by atoms with Gasteiger partial charge in [0.25, 0.3) is 0 Å². The van der Waals surface area contributed by atoms with Crippen molar-refractivity contribution in [1.82, 2.24) is 5.32 Å². The fraction of sp³-hybridized carbons (Fsp3) is 1.00. The van der Waals surface area contributed by atoms with Crippen LogP contribution in [0.1, 0.15) is 91.4 Å². The lowest BCUT2D eigenvalue weighted by Crippen LogP contribution is -2.37. The van der Waals surface area contributed by atoms with E-state index < -0.39 is 0 Å². The molecule has 114 valence electrons. The van der Waals surface area contributed by atoms with Crippen LogP contribution in [0.3, 0.4) is 0 Å². The van der Waals surface area contributed by atoms with Gasteiger partial charge in [0.2, 0.25) is 0 Å². The van der Waals surface area contributed by atoms with Crippen LogP contribution in [0, 0.1) is 11.8 Å². The third kappa shape index (κ3) is 7.34. The summed E-state index contributed by atoms with van der Waals surface area (Å²) in [6, 6.07) is 0.809. The van der Waals surface area contributed by atoms with Crippen LogP contribution in [0.5, 0.6) is 0 Å². The molecule has 0 aromatic rings. The zero-order valence-electron chi connectivity index (χ0n) is 13.7. The normalized spacial score (nSPS) is 25.4. The average Bonchev–Trinajstić information content (AvgIpc) is 2.42. The summed E-state index contributed by atoms with van der Waals surface area (Å²) in [5.74, 6) is 1.94. The van der Waals surface area contributed by atoms with Crippen LogP contribution in [0.2, 0.25) is 0 Å². The molecular formula is C18H37N. The van der Waals surface area contributed by atoms with Gasteiger partial charge in [0, 0.05) is 6.04 Å². The van der Waals surface area contributed by atoms with Gasteiger partial charge in [0.15, 0.2) is 0 Å². The highest BCUT2D eigenvalue weighted by atomic mass is 14.9. The van der Waals surface area contributed by atoms with Gasteiger partial charge in [-0.25, -0.2) is 0 Å². The van der Waals surface area contributed by atoms with Gasteiger partial charge in [-0.05, 0) is 37.6 Å². The van der Waals surface area contributed by atoms with E-state index >= 15 is 0 Å². The van der Waals surface area contributed by atoms with Crippen LogP contribution in [-0.2, 0) is 0 Å². The predicted octanol–water partition coefficient (Wildman–Crippen LogP) is 5.54. The molecule has 0 radical (unpaired) electrons. The van der Waals surface area contributed by atoms with E-state index in [9.17, 15) is 0 Å². The van der Waals surface area contributed by atoms with Crippen LogP contribution in [0.15, 0.2) is 0 Å². The van der Waals surface area contributed by atoms with E-state index in [1.54, 1.807) is 0 Å². The quantitative estimate of drug-likeness (QED) is 0.512. The van der Waals surface area contributed by atoms with Gasteiger partial charge in [0.05, 0.1) is 0 Å².